The first-order valence-corrected chi connectivity index (χ1v) is 10.3. The molecule has 0 radical (unpaired) electrons. The number of ether oxygens (including phenoxy) is 2. The maximum absolute atomic E-state index is 12.4. The fraction of sp³-hybridized carbons (Fsp3) is 0.591. The zero-order chi connectivity index (χ0) is 22.4. The van der Waals surface area contributed by atoms with Crippen LogP contribution in [-0.2, 0) is 25.5 Å². The summed E-state index contributed by atoms with van der Waals surface area (Å²) in [5.74, 6) is -0.326. The molecule has 0 aliphatic rings. The van der Waals surface area contributed by atoms with Crippen LogP contribution in [0, 0.1) is 0 Å². The second kappa shape index (κ2) is 13.6. The molecule has 1 aromatic rings. The number of amides is 3. The molecule has 0 bridgehead atoms. The fourth-order valence-corrected chi connectivity index (χ4v) is 2.66. The Labute approximate surface area is 179 Å². The van der Waals surface area contributed by atoms with E-state index in [4.69, 9.17) is 9.47 Å². The van der Waals surface area contributed by atoms with Crippen LogP contribution in [0.2, 0.25) is 0 Å². The first-order chi connectivity index (χ1) is 14.2. The summed E-state index contributed by atoms with van der Waals surface area (Å²) in [5, 5.41) is 8.25. The van der Waals surface area contributed by atoms with Gasteiger partial charge in [0.05, 0.1) is 13.0 Å². The molecule has 3 amide bonds. The third kappa shape index (κ3) is 12.1. The van der Waals surface area contributed by atoms with Crippen LogP contribution in [-0.4, -0.2) is 56.4 Å². The van der Waals surface area contributed by atoms with Gasteiger partial charge in [-0.15, -0.1) is 0 Å². The fourth-order valence-electron chi connectivity index (χ4n) is 2.66. The van der Waals surface area contributed by atoms with E-state index in [1.54, 1.807) is 27.9 Å². The van der Waals surface area contributed by atoms with Crippen molar-refractivity contribution in [1.29, 1.82) is 0 Å². The van der Waals surface area contributed by atoms with Crippen molar-refractivity contribution < 1.29 is 23.9 Å². The van der Waals surface area contributed by atoms with Crippen molar-refractivity contribution in [1.82, 2.24) is 16.0 Å². The Morgan fingerprint density at radius 3 is 2.33 bits per heavy atom. The van der Waals surface area contributed by atoms with Crippen LogP contribution in [0.4, 0.5) is 4.79 Å². The topological polar surface area (TPSA) is 106 Å². The van der Waals surface area contributed by atoms with E-state index in [1.807, 2.05) is 30.3 Å². The first kappa shape index (κ1) is 25.4. The summed E-state index contributed by atoms with van der Waals surface area (Å²) in [5.41, 5.74) is 0.314. The largest absolute Gasteiger partial charge is 0.444 e. The third-order valence-corrected chi connectivity index (χ3v) is 4.06. The minimum atomic E-state index is -0.711. The van der Waals surface area contributed by atoms with Crippen molar-refractivity contribution >= 4 is 17.9 Å². The molecule has 0 saturated carbocycles. The summed E-state index contributed by atoms with van der Waals surface area (Å²) in [4.78, 5) is 36.4. The number of unbranched alkanes of at least 4 members (excludes halogenated alkanes) is 1. The van der Waals surface area contributed by atoms with E-state index in [0.717, 1.165) is 5.56 Å². The highest BCUT2D eigenvalue weighted by atomic mass is 16.6. The van der Waals surface area contributed by atoms with Gasteiger partial charge < -0.3 is 25.4 Å². The number of rotatable bonds is 12. The van der Waals surface area contributed by atoms with Gasteiger partial charge in [0.25, 0.3) is 0 Å². The zero-order valence-electron chi connectivity index (χ0n) is 18.5. The van der Waals surface area contributed by atoms with E-state index in [-0.39, 0.29) is 11.8 Å². The number of carbonyl (C=O) groups excluding carboxylic acids is 3. The molecule has 30 heavy (non-hydrogen) atoms. The number of hydrogen-bond acceptors (Lipinski definition) is 5. The molecule has 0 spiro atoms. The van der Waals surface area contributed by atoms with Crippen LogP contribution in [0.3, 0.4) is 0 Å². The molecule has 8 heteroatoms. The molecule has 0 fully saturated rings. The molecule has 1 unspecified atom stereocenters. The van der Waals surface area contributed by atoms with E-state index in [0.29, 0.717) is 45.4 Å². The molecule has 0 aliphatic heterocycles. The average Bonchev–Trinajstić information content (AvgIpc) is 2.66. The Morgan fingerprint density at radius 1 is 1.00 bits per heavy atom. The highest BCUT2D eigenvalue weighted by molar-refractivity contribution is 5.85. The van der Waals surface area contributed by atoms with Gasteiger partial charge in [-0.1, -0.05) is 30.3 Å². The smallest absolute Gasteiger partial charge is 0.408 e. The molecule has 0 heterocycles. The quantitative estimate of drug-likeness (QED) is 0.449. The summed E-state index contributed by atoms with van der Waals surface area (Å²) in [6.07, 6.45) is 1.49. The Hall–Kier alpha value is -2.61. The molecule has 0 aromatic heterocycles. The lowest BCUT2D eigenvalue weighted by Gasteiger charge is -2.23. The van der Waals surface area contributed by atoms with E-state index < -0.39 is 17.7 Å². The SMILES string of the molecule is COCCNC(=O)C(CCCCNC(=O)Cc1ccccc1)NC(=O)OC(C)(C)C. The number of hydrogen-bond donors (Lipinski definition) is 3. The Balaban J connectivity index is 2.41. The van der Waals surface area contributed by atoms with Crippen LogP contribution in [0.1, 0.15) is 45.6 Å². The van der Waals surface area contributed by atoms with Gasteiger partial charge in [0.2, 0.25) is 11.8 Å². The maximum atomic E-state index is 12.4. The van der Waals surface area contributed by atoms with Gasteiger partial charge in [-0.2, -0.15) is 0 Å². The molecular weight excluding hydrogens is 386 g/mol. The summed E-state index contributed by atoms with van der Waals surface area (Å²) in [6, 6.07) is 8.82. The molecule has 168 valence electrons. The van der Waals surface area contributed by atoms with Gasteiger partial charge in [0.15, 0.2) is 0 Å². The summed E-state index contributed by atoms with van der Waals surface area (Å²) < 4.78 is 10.2. The third-order valence-electron chi connectivity index (χ3n) is 4.06. The second-order valence-corrected chi connectivity index (χ2v) is 7.99. The van der Waals surface area contributed by atoms with Crippen LogP contribution >= 0.6 is 0 Å². The lowest BCUT2D eigenvalue weighted by atomic mass is 10.1. The standard InChI is InChI=1S/C22H35N3O5/c1-22(2,3)30-21(28)25-18(20(27)24-14-15-29-4)12-8-9-13-23-19(26)16-17-10-6-5-7-11-17/h5-7,10-11,18H,8-9,12-16H2,1-4H3,(H,23,26)(H,24,27)(H,25,28). The van der Waals surface area contributed by atoms with Gasteiger partial charge >= 0.3 is 6.09 Å². The van der Waals surface area contributed by atoms with Crippen molar-refractivity contribution in [3.63, 3.8) is 0 Å². The van der Waals surface area contributed by atoms with E-state index in [2.05, 4.69) is 16.0 Å². The highest BCUT2D eigenvalue weighted by Gasteiger charge is 2.23. The number of alkyl carbamates (subject to hydrolysis) is 1. The molecule has 0 saturated heterocycles. The molecule has 3 N–H and O–H groups in total. The normalized spacial score (nSPS) is 12.0. The summed E-state index contributed by atoms with van der Waals surface area (Å²) in [7, 11) is 1.55. The monoisotopic (exact) mass is 421 g/mol. The van der Waals surface area contributed by atoms with Crippen molar-refractivity contribution in [2.45, 2.75) is 58.1 Å². The molecule has 0 aliphatic carbocycles. The number of methoxy groups -OCH3 is 1. The lowest BCUT2D eigenvalue weighted by Crippen LogP contribution is -2.48. The van der Waals surface area contributed by atoms with Gasteiger partial charge in [0, 0.05) is 20.2 Å². The highest BCUT2D eigenvalue weighted by Crippen LogP contribution is 2.08. The van der Waals surface area contributed by atoms with Gasteiger partial charge in [0.1, 0.15) is 11.6 Å². The number of nitrogens with one attached hydrogen (secondary N) is 3. The van der Waals surface area contributed by atoms with Crippen LogP contribution in [0.25, 0.3) is 0 Å². The summed E-state index contributed by atoms with van der Waals surface area (Å²) >= 11 is 0. The Bertz CT molecular complexity index is 658. The molecule has 8 nitrogen and oxygen atoms in total. The maximum Gasteiger partial charge on any atom is 0.408 e. The van der Waals surface area contributed by atoms with E-state index in [1.165, 1.54) is 0 Å². The van der Waals surface area contributed by atoms with Gasteiger partial charge in [-0.05, 0) is 45.6 Å². The van der Waals surface area contributed by atoms with Crippen molar-refractivity contribution in [2.75, 3.05) is 26.8 Å². The molecule has 1 rings (SSSR count). The van der Waals surface area contributed by atoms with Gasteiger partial charge in [-0.3, -0.25) is 9.59 Å². The average molecular weight is 422 g/mol. The van der Waals surface area contributed by atoms with Crippen LogP contribution in [0.5, 0.6) is 0 Å². The number of benzene rings is 1. The summed E-state index contributed by atoms with van der Waals surface area (Å²) in [6.45, 7) is 6.54. The predicted molar refractivity (Wildman–Crippen MR) is 115 cm³/mol. The van der Waals surface area contributed by atoms with Crippen molar-refractivity contribution in [3.8, 4) is 0 Å². The van der Waals surface area contributed by atoms with Gasteiger partial charge in [-0.25, -0.2) is 4.79 Å². The van der Waals surface area contributed by atoms with E-state index >= 15 is 0 Å². The molecule has 1 aromatic carbocycles. The van der Waals surface area contributed by atoms with E-state index in [9.17, 15) is 14.4 Å². The molecular formula is C22H35N3O5. The minimum absolute atomic E-state index is 0.0399. The molecule has 1 atom stereocenters. The second-order valence-electron chi connectivity index (χ2n) is 7.99. The zero-order valence-corrected chi connectivity index (χ0v) is 18.5. The van der Waals surface area contributed by atoms with Crippen LogP contribution in [0.15, 0.2) is 30.3 Å². The Kier molecular flexibility index (Phi) is 11.5. The van der Waals surface area contributed by atoms with Crippen molar-refractivity contribution in [3.05, 3.63) is 35.9 Å². The Morgan fingerprint density at radius 2 is 1.70 bits per heavy atom. The first-order valence-electron chi connectivity index (χ1n) is 10.3. The number of carbonyl (C=O) groups is 3. The predicted octanol–water partition coefficient (Wildman–Crippen LogP) is 2.17. The van der Waals surface area contributed by atoms with Crippen LogP contribution < -0.4 is 16.0 Å². The lowest BCUT2D eigenvalue weighted by molar-refractivity contribution is -0.123. The van der Waals surface area contributed by atoms with Crippen molar-refractivity contribution in [2.24, 2.45) is 0 Å². The minimum Gasteiger partial charge on any atom is -0.444 e.